The van der Waals surface area contributed by atoms with E-state index < -0.39 is 5.92 Å². The number of H-pyrrole nitrogens is 1. The summed E-state index contributed by atoms with van der Waals surface area (Å²) in [5.41, 5.74) is 4.15. The molecule has 3 unspecified atom stereocenters. The second kappa shape index (κ2) is 10.3. The smallest absolute Gasteiger partial charge is 0.269 e. The second-order valence-corrected chi connectivity index (χ2v) is 11.3. The van der Waals surface area contributed by atoms with Crippen molar-refractivity contribution in [3.8, 4) is 11.1 Å². The first-order valence-corrected chi connectivity index (χ1v) is 13.7. The van der Waals surface area contributed by atoms with Gasteiger partial charge in [-0.25, -0.2) is 9.38 Å². The van der Waals surface area contributed by atoms with Gasteiger partial charge in [-0.1, -0.05) is 38.1 Å². The van der Waals surface area contributed by atoms with Crippen LogP contribution in [0.3, 0.4) is 0 Å². The summed E-state index contributed by atoms with van der Waals surface area (Å²) in [5, 5.41) is 10.3. The number of carbonyl (C=O) groups is 2. The van der Waals surface area contributed by atoms with Crippen molar-refractivity contribution in [3.63, 3.8) is 0 Å². The molecule has 3 aliphatic rings. The minimum absolute atomic E-state index is 0.152. The third kappa shape index (κ3) is 5.20. The second-order valence-electron chi connectivity index (χ2n) is 11.3. The number of halogens is 1. The molecule has 200 valence electrons. The average molecular weight is 526 g/mol. The van der Waals surface area contributed by atoms with Crippen LogP contribution >= 0.6 is 0 Å². The molecule has 1 aromatic carbocycles. The number of aromatic nitrogens is 3. The fourth-order valence-electron chi connectivity index (χ4n) is 5.65. The summed E-state index contributed by atoms with van der Waals surface area (Å²) in [4.78, 5) is 36.0. The van der Waals surface area contributed by atoms with Gasteiger partial charge in [0.25, 0.3) is 5.91 Å². The minimum atomic E-state index is -0.428. The molecule has 3 atom stereocenters. The number of aromatic amines is 1. The molecule has 6 rings (SSSR count). The molecule has 0 saturated heterocycles. The van der Waals surface area contributed by atoms with Crippen LogP contribution in [0, 0.1) is 29.5 Å². The molecule has 0 bridgehead atoms. The van der Waals surface area contributed by atoms with E-state index in [1.165, 1.54) is 12.1 Å². The lowest BCUT2D eigenvalue weighted by molar-refractivity contribution is -0.123. The van der Waals surface area contributed by atoms with Crippen LogP contribution in [0.1, 0.15) is 67.2 Å². The van der Waals surface area contributed by atoms with Gasteiger partial charge in [0.05, 0.1) is 11.6 Å². The summed E-state index contributed by atoms with van der Waals surface area (Å²) < 4.78 is 13.7. The van der Waals surface area contributed by atoms with Crippen LogP contribution in [-0.2, 0) is 4.79 Å². The molecule has 7 nitrogen and oxygen atoms in total. The van der Waals surface area contributed by atoms with Crippen molar-refractivity contribution in [1.29, 1.82) is 0 Å². The predicted octanol–water partition coefficient (Wildman–Crippen LogP) is 5.89. The van der Waals surface area contributed by atoms with E-state index in [2.05, 4.69) is 34.3 Å². The van der Waals surface area contributed by atoms with Gasteiger partial charge >= 0.3 is 0 Å². The Hall–Kier alpha value is -3.94. The van der Waals surface area contributed by atoms with Crippen molar-refractivity contribution < 1.29 is 14.0 Å². The molecule has 0 radical (unpaired) electrons. The number of carbonyl (C=O) groups excluding carboxylic acids is 2. The van der Waals surface area contributed by atoms with Gasteiger partial charge in [-0.05, 0) is 66.9 Å². The Morgan fingerprint density at radius 1 is 1.18 bits per heavy atom. The third-order valence-electron chi connectivity index (χ3n) is 8.20. The minimum Gasteiger partial charge on any atom is -0.350 e. The lowest BCUT2D eigenvalue weighted by Gasteiger charge is -2.36. The Labute approximate surface area is 227 Å². The zero-order chi connectivity index (χ0) is 27.1. The van der Waals surface area contributed by atoms with Crippen LogP contribution in [-0.4, -0.2) is 39.1 Å². The maximum Gasteiger partial charge on any atom is 0.269 e. The number of Topliss-reactive ketones (excluding diaryl/α,β-unsaturated/α-hetero) is 1. The molecule has 39 heavy (non-hydrogen) atoms. The van der Waals surface area contributed by atoms with E-state index in [0.717, 1.165) is 36.1 Å². The van der Waals surface area contributed by atoms with E-state index in [9.17, 15) is 14.0 Å². The highest BCUT2D eigenvalue weighted by Crippen LogP contribution is 2.46. The van der Waals surface area contributed by atoms with Gasteiger partial charge in [0.15, 0.2) is 5.82 Å². The largest absolute Gasteiger partial charge is 0.350 e. The Kier molecular flexibility index (Phi) is 6.71. The topological polar surface area (TPSA) is 100 Å². The molecule has 0 spiro atoms. The molecule has 3 heterocycles. The Morgan fingerprint density at radius 2 is 2.03 bits per heavy atom. The van der Waals surface area contributed by atoms with Crippen molar-refractivity contribution in [2.24, 2.45) is 28.7 Å². The van der Waals surface area contributed by atoms with Gasteiger partial charge in [-0.15, -0.1) is 0 Å². The number of fused-ring (bicyclic) bond motifs is 2. The molecule has 1 aliphatic heterocycles. The van der Waals surface area contributed by atoms with Crippen LogP contribution in [0.15, 0.2) is 53.7 Å². The van der Waals surface area contributed by atoms with Gasteiger partial charge in [0.2, 0.25) is 0 Å². The molecule has 1 amide bonds. The zero-order valence-corrected chi connectivity index (χ0v) is 22.2. The third-order valence-corrected chi connectivity index (χ3v) is 8.20. The van der Waals surface area contributed by atoms with Crippen molar-refractivity contribution in [2.45, 2.75) is 45.4 Å². The van der Waals surface area contributed by atoms with Gasteiger partial charge in [0.1, 0.15) is 17.3 Å². The van der Waals surface area contributed by atoms with E-state index in [1.807, 2.05) is 30.4 Å². The molecular weight excluding hydrogens is 493 g/mol. The summed E-state index contributed by atoms with van der Waals surface area (Å²) >= 11 is 0. The normalized spacial score (nSPS) is 22.5. The van der Waals surface area contributed by atoms with Crippen molar-refractivity contribution in [3.05, 3.63) is 71.4 Å². The number of nitrogens with one attached hydrogen (secondary N) is 2. The summed E-state index contributed by atoms with van der Waals surface area (Å²) in [6, 6.07) is 10.2. The molecule has 2 aliphatic carbocycles. The van der Waals surface area contributed by atoms with Gasteiger partial charge in [-0.3, -0.25) is 19.7 Å². The standard InChI is InChI=1S/C31H32FN5O2/c1-17(2)21-13-25-27(26(38)14-21)24(28-29(36-37-30(28)35-25)31(39)34-15-18-6-7-18)11-10-23-9-8-20(16-33-23)19-4-3-5-22(32)12-19/h3-5,8-12,16-18,21,24,27H,6-7,13-15H2,1-2H3,(H,34,39)(H,36,37)/b11-10+. The number of rotatable bonds is 7. The van der Waals surface area contributed by atoms with Crippen molar-refractivity contribution in [2.75, 3.05) is 6.54 Å². The molecule has 2 N–H and O–H groups in total. The van der Waals surface area contributed by atoms with E-state index in [0.29, 0.717) is 47.6 Å². The number of benzene rings is 1. The molecule has 3 aromatic rings. The maximum absolute atomic E-state index is 13.7. The highest BCUT2D eigenvalue weighted by molar-refractivity contribution is 6.11. The SMILES string of the molecule is CC(C)C1CC(=O)C2C(=Nc3n[nH]c(C(=O)NCC4CC4)c3C2/C=C/c2ccc(-c3cccc(F)c3)cn2)C1. The average Bonchev–Trinajstić information content (AvgIpc) is 3.67. The first kappa shape index (κ1) is 25.3. The van der Waals surface area contributed by atoms with E-state index in [-0.39, 0.29) is 29.3 Å². The quantitative estimate of drug-likeness (QED) is 0.402. The van der Waals surface area contributed by atoms with Crippen LogP contribution in [0.5, 0.6) is 0 Å². The number of hydrogen-bond donors (Lipinski definition) is 2. The summed E-state index contributed by atoms with van der Waals surface area (Å²) in [7, 11) is 0. The Morgan fingerprint density at radius 3 is 2.74 bits per heavy atom. The van der Waals surface area contributed by atoms with E-state index in [1.54, 1.807) is 12.3 Å². The van der Waals surface area contributed by atoms with Crippen LogP contribution in [0.2, 0.25) is 0 Å². The van der Waals surface area contributed by atoms with E-state index in [4.69, 9.17) is 4.99 Å². The van der Waals surface area contributed by atoms with Gasteiger partial charge in [0, 0.05) is 41.9 Å². The number of pyridine rings is 1. The fourth-order valence-corrected chi connectivity index (χ4v) is 5.65. The first-order chi connectivity index (χ1) is 18.9. The Balaban J connectivity index is 1.33. The highest BCUT2D eigenvalue weighted by atomic mass is 19.1. The first-order valence-electron chi connectivity index (χ1n) is 13.7. The lowest BCUT2D eigenvalue weighted by atomic mass is 9.67. The van der Waals surface area contributed by atoms with Crippen LogP contribution in [0.4, 0.5) is 10.2 Å². The van der Waals surface area contributed by atoms with Crippen LogP contribution in [0.25, 0.3) is 17.2 Å². The number of amides is 1. The molecule has 2 aromatic heterocycles. The predicted molar refractivity (Wildman–Crippen MR) is 148 cm³/mol. The number of nitrogens with zero attached hydrogens (tertiary/aromatic N) is 3. The molecular formula is C31H32FN5O2. The van der Waals surface area contributed by atoms with Gasteiger partial charge < -0.3 is 5.32 Å². The van der Waals surface area contributed by atoms with Crippen LogP contribution < -0.4 is 5.32 Å². The molecule has 2 fully saturated rings. The summed E-state index contributed by atoms with van der Waals surface area (Å²) in [5.74, 6) is 0.485. The van der Waals surface area contributed by atoms with Crippen molar-refractivity contribution >= 4 is 29.3 Å². The zero-order valence-electron chi connectivity index (χ0n) is 22.2. The highest BCUT2D eigenvalue weighted by Gasteiger charge is 2.44. The number of aliphatic imine (C=N–C) groups is 1. The Bertz CT molecular complexity index is 1470. The number of hydrogen-bond acceptors (Lipinski definition) is 5. The lowest BCUT2D eigenvalue weighted by Crippen LogP contribution is -2.40. The van der Waals surface area contributed by atoms with Gasteiger partial charge in [-0.2, -0.15) is 5.10 Å². The number of ketones is 1. The summed E-state index contributed by atoms with van der Waals surface area (Å²) in [6.07, 6.45) is 9.08. The van der Waals surface area contributed by atoms with Crippen molar-refractivity contribution in [1.82, 2.24) is 20.5 Å². The number of allylic oxidation sites excluding steroid dienone is 1. The monoisotopic (exact) mass is 525 g/mol. The fraction of sp³-hybridized carbons (Fsp3) is 0.387. The molecule has 2 saturated carbocycles. The maximum atomic E-state index is 13.7. The summed E-state index contributed by atoms with van der Waals surface area (Å²) in [6.45, 7) is 4.92. The molecule has 8 heteroatoms. The van der Waals surface area contributed by atoms with E-state index >= 15 is 0 Å².